The molecular weight excluding hydrogens is 369 g/mol. The number of hydrogen-bond donors (Lipinski definition) is 1. The average Bonchev–Trinajstić information content (AvgIpc) is 3.15. The maximum Gasteiger partial charge on any atom is 0.337 e. The van der Waals surface area contributed by atoms with Gasteiger partial charge in [0.05, 0.1) is 19.2 Å². The van der Waals surface area contributed by atoms with E-state index in [1.165, 1.54) is 13.2 Å². The monoisotopic (exact) mass is 389 g/mol. The summed E-state index contributed by atoms with van der Waals surface area (Å²) >= 11 is 0. The molecule has 0 bridgehead atoms. The van der Waals surface area contributed by atoms with Crippen LogP contribution in [0.25, 0.3) is 11.3 Å². The highest BCUT2D eigenvalue weighted by Crippen LogP contribution is 2.22. The fraction of sp³-hybridized carbons (Fsp3) is 0.190. The van der Waals surface area contributed by atoms with Crippen LogP contribution in [0.2, 0.25) is 0 Å². The maximum absolute atomic E-state index is 13.6. The van der Waals surface area contributed by atoms with Crippen LogP contribution in [0.1, 0.15) is 21.7 Å². The van der Waals surface area contributed by atoms with Crippen LogP contribution in [0.3, 0.4) is 0 Å². The van der Waals surface area contributed by atoms with Crippen molar-refractivity contribution in [2.24, 2.45) is 0 Å². The van der Waals surface area contributed by atoms with E-state index in [9.17, 15) is 9.18 Å². The van der Waals surface area contributed by atoms with Gasteiger partial charge in [-0.05, 0) is 48.9 Å². The second-order valence-corrected chi connectivity index (χ2v) is 5.85. The second-order valence-electron chi connectivity index (χ2n) is 5.85. The number of carbonyl (C=O) groups excluding carboxylic acids is 1. The molecule has 1 aromatic heterocycles. The van der Waals surface area contributed by atoms with E-state index < -0.39 is 0 Å². The van der Waals surface area contributed by atoms with Gasteiger partial charge < -0.3 is 14.5 Å². The van der Waals surface area contributed by atoms with Gasteiger partial charge >= 0.3 is 5.97 Å². The summed E-state index contributed by atoms with van der Waals surface area (Å²) in [5.41, 5.74) is 2.08. The number of furan rings is 1. The molecule has 0 fully saturated rings. The van der Waals surface area contributed by atoms with E-state index in [2.05, 4.69) is 10.1 Å². The zero-order valence-electron chi connectivity index (χ0n) is 14.9. The molecule has 0 spiro atoms. The molecule has 0 saturated carbocycles. The number of esters is 1. The van der Waals surface area contributed by atoms with Gasteiger partial charge in [0.2, 0.25) is 0 Å². The number of benzene rings is 2. The van der Waals surface area contributed by atoms with Crippen molar-refractivity contribution < 1.29 is 18.3 Å². The van der Waals surface area contributed by atoms with Crippen molar-refractivity contribution in [3.05, 3.63) is 83.4 Å². The highest BCUT2D eigenvalue weighted by molar-refractivity contribution is 5.89. The number of carbonyl (C=O) groups is 1. The van der Waals surface area contributed by atoms with Crippen LogP contribution < -0.4 is 5.32 Å². The quantitative estimate of drug-likeness (QED) is 0.473. The summed E-state index contributed by atoms with van der Waals surface area (Å²) in [5, 5.41) is 3.25. The Balaban J connectivity index is 0.00000261. The first-order valence-electron chi connectivity index (χ1n) is 8.39. The van der Waals surface area contributed by atoms with Gasteiger partial charge in [0.15, 0.2) is 0 Å². The largest absolute Gasteiger partial charge is 0.465 e. The summed E-state index contributed by atoms with van der Waals surface area (Å²) in [5.74, 6) is 0.985. The Bertz CT molecular complexity index is 877. The molecule has 4 nitrogen and oxygen atoms in total. The SMILES string of the molecule is COC(=O)c1ccc(-c2ccc(CNCCc3ccccc3F)o2)cc1.Cl. The first kappa shape index (κ1) is 20.7. The van der Waals surface area contributed by atoms with E-state index in [-0.39, 0.29) is 24.2 Å². The van der Waals surface area contributed by atoms with Crippen LogP contribution in [-0.2, 0) is 17.7 Å². The summed E-state index contributed by atoms with van der Waals surface area (Å²) in [6.45, 7) is 1.22. The van der Waals surface area contributed by atoms with E-state index in [0.29, 0.717) is 30.6 Å². The van der Waals surface area contributed by atoms with Crippen LogP contribution in [0.15, 0.2) is 65.1 Å². The Morgan fingerprint density at radius 2 is 1.81 bits per heavy atom. The van der Waals surface area contributed by atoms with Gasteiger partial charge in [0.1, 0.15) is 17.3 Å². The Hall–Kier alpha value is -2.63. The van der Waals surface area contributed by atoms with Crippen molar-refractivity contribution in [1.82, 2.24) is 5.32 Å². The first-order chi connectivity index (χ1) is 12.7. The van der Waals surface area contributed by atoms with Crippen LogP contribution >= 0.6 is 12.4 Å². The van der Waals surface area contributed by atoms with Crippen molar-refractivity contribution >= 4 is 18.4 Å². The van der Waals surface area contributed by atoms with Crippen molar-refractivity contribution in [2.75, 3.05) is 13.7 Å². The van der Waals surface area contributed by atoms with Gasteiger partial charge in [0, 0.05) is 5.56 Å². The van der Waals surface area contributed by atoms with Crippen LogP contribution in [0, 0.1) is 5.82 Å². The van der Waals surface area contributed by atoms with Gasteiger partial charge in [-0.3, -0.25) is 0 Å². The molecule has 0 atom stereocenters. The molecule has 0 radical (unpaired) electrons. The normalized spacial score (nSPS) is 10.3. The second kappa shape index (κ2) is 9.90. The fourth-order valence-corrected chi connectivity index (χ4v) is 2.65. The minimum Gasteiger partial charge on any atom is -0.465 e. The number of methoxy groups -OCH3 is 1. The molecule has 0 aliphatic heterocycles. The molecule has 27 heavy (non-hydrogen) atoms. The summed E-state index contributed by atoms with van der Waals surface area (Å²) in [6.07, 6.45) is 0.620. The number of nitrogens with one attached hydrogen (secondary N) is 1. The minimum absolute atomic E-state index is 0. The van der Waals surface area contributed by atoms with Gasteiger partial charge in [-0.25, -0.2) is 9.18 Å². The first-order valence-corrected chi connectivity index (χ1v) is 8.39. The van der Waals surface area contributed by atoms with Crippen molar-refractivity contribution in [1.29, 1.82) is 0 Å². The van der Waals surface area contributed by atoms with E-state index in [4.69, 9.17) is 4.42 Å². The van der Waals surface area contributed by atoms with Gasteiger partial charge in [-0.2, -0.15) is 0 Å². The number of hydrogen-bond acceptors (Lipinski definition) is 4. The van der Waals surface area contributed by atoms with Gasteiger partial charge in [-0.15, -0.1) is 12.4 Å². The number of ether oxygens (including phenoxy) is 1. The Kier molecular flexibility index (Phi) is 7.58. The lowest BCUT2D eigenvalue weighted by molar-refractivity contribution is 0.0600. The predicted octanol–water partition coefficient (Wildman–Crippen LogP) is 4.63. The Morgan fingerprint density at radius 3 is 2.52 bits per heavy atom. The van der Waals surface area contributed by atoms with Crippen molar-refractivity contribution in [3.63, 3.8) is 0 Å². The molecule has 1 heterocycles. The minimum atomic E-state index is -0.365. The molecule has 3 rings (SSSR count). The van der Waals surface area contributed by atoms with Crippen LogP contribution in [-0.4, -0.2) is 19.6 Å². The summed E-state index contributed by atoms with van der Waals surface area (Å²) in [4.78, 5) is 11.5. The topological polar surface area (TPSA) is 51.5 Å². The average molecular weight is 390 g/mol. The molecule has 1 N–H and O–H groups in total. The fourth-order valence-electron chi connectivity index (χ4n) is 2.65. The van der Waals surface area contributed by atoms with E-state index >= 15 is 0 Å². The Morgan fingerprint density at radius 1 is 1.07 bits per heavy atom. The third-order valence-corrected chi connectivity index (χ3v) is 4.08. The van der Waals surface area contributed by atoms with E-state index in [1.807, 2.05) is 30.3 Å². The highest BCUT2D eigenvalue weighted by Gasteiger charge is 2.08. The molecule has 6 heteroatoms. The zero-order valence-corrected chi connectivity index (χ0v) is 15.7. The number of rotatable bonds is 7. The zero-order chi connectivity index (χ0) is 18.4. The third-order valence-electron chi connectivity index (χ3n) is 4.08. The smallest absolute Gasteiger partial charge is 0.337 e. The molecule has 0 saturated heterocycles. The summed E-state index contributed by atoms with van der Waals surface area (Å²) < 4.78 is 24.1. The highest BCUT2D eigenvalue weighted by atomic mass is 35.5. The number of halogens is 2. The third kappa shape index (κ3) is 5.42. The molecule has 2 aromatic carbocycles. The summed E-state index contributed by atoms with van der Waals surface area (Å²) in [7, 11) is 1.36. The standard InChI is InChI=1S/C21H20FNO3.ClH/c1-25-21(24)17-8-6-16(7-9-17)20-11-10-18(26-20)14-23-13-12-15-4-2-3-5-19(15)22;/h2-11,23H,12-14H2,1H3;1H. The molecular formula is C21H21ClFNO3. The molecule has 0 unspecified atom stereocenters. The van der Waals surface area contributed by atoms with E-state index in [1.54, 1.807) is 24.3 Å². The molecule has 0 aliphatic carbocycles. The van der Waals surface area contributed by atoms with Gasteiger partial charge in [0.25, 0.3) is 0 Å². The molecule has 0 aliphatic rings. The summed E-state index contributed by atoms with van der Waals surface area (Å²) in [6, 6.07) is 17.6. The van der Waals surface area contributed by atoms with Crippen LogP contribution in [0.4, 0.5) is 4.39 Å². The predicted molar refractivity (Wildman–Crippen MR) is 105 cm³/mol. The maximum atomic E-state index is 13.6. The molecule has 142 valence electrons. The molecule has 3 aromatic rings. The van der Waals surface area contributed by atoms with E-state index in [0.717, 1.165) is 17.1 Å². The molecule has 0 amide bonds. The van der Waals surface area contributed by atoms with Crippen molar-refractivity contribution in [2.45, 2.75) is 13.0 Å². The Labute approximate surface area is 163 Å². The van der Waals surface area contributed by atoms with Crippen molar-refractivity contribution in [3.8, 4) is 11.3 Å². The van der Waals surface area contributed by atoms with Gasteiger partial charge in [-0.1, -0.05) is 30.3 Å². The lowest BCUT2D eigenvalue weighted by Gasteiger charge is -2.04. The van der Waals surface area contributed by atoms with Crippen LogP contribution in [0.5, 0.6) is 0 Å². The lowest BCUT2D eigenvalue weighted by Crippen LogP contribution is -2.16. The lowest BCUT2D eigenvalue weighted by atomic mass is 10.1.